The summed E-state index contributed by atoms with van der Waals surface area (Å²) < 4.78 is 0. The second-order valence-corrected chi connectivity index (χ2v) is 3.14. The van der Waals surface area contributed by atoms with Gasteiger partial charge in [0.05, 0.1) is 0 Å². The Morgan fingerprint density at radius 2 is 2.70 bits per heavy atom. The number of hydrogen-bond acceptors (Lipinski definition) is 4. The number of thioether (sulfide) groups is 1. The highest BCUT2D eigenvalue weighted by atomic mass is 32.2. The van der Waals surface area contributed by atoms with Gasteiger partial charge >= 0.3 is 0 Å². The number of hydrazine groups is 1. The normalized spacial score (nSPS) is 16.7. The van der Waals surface area contributed by atoms with Crippen LogP contribution < -0.4 is 5.43 Å². The zero-order valence-corrected chi connectivity index (χ0v) is 7.02. The molecule has 0 saturated carbocycles. The van der Waals surface area contributed by atoms with Crippen molar-refractivity contribution >= 4 is 18.1 Å². The first-order valence-electron chi connectivity index (χ1n) is 3.42. The molecule has 3 nitrogen and oxygen atoms in total. The van der Waals surface area contributed by atoms with Gasteiger partial charge < -0.3 is 0 Å². The van der Waals surface area contributed by atoms with Gasteiger partial charge in [0.1, 0.15) is 13.0 Å². The first-order chi connectivity index (χ1) is 4.93. The maximum absolute atomic E-state index is 4.03. The summed E-state index contributed by atoms with van der Waals surface area (Å²) in [5, 5.41) is 2.04. The van der Waals surface area contributed by atoms with Gasteiger partial charge in [0, 0.05) is 6.54 Å². The molecule has 0 spiro atoms. The van der Waals surface area contributed by atoms with Gasteiger partial charge in [0.25, 0.3) is 0 Å². The molecule has 58 valence electrons. The van der Waals surface area contributed by atoms with E-state index in [0.717, 1.165) is 13.2 Å². The summed E-state index contributed by atoms with van der Waals surface area (Å²) in [5.74, 6) is 1.23. The molecule has 1 heterocycles. The largest absolute Gasteiger partial charge is 0.297 e. The van der Waals surface area contributed by atoms with Crippen molar-refractivity contribution in [2.75, 3.05) is 25.2 Å². The lowest BCUT2D eigenvalue weighted by Crippen LogP contribution is -2.32. The molecule has 0 amide bonds. The highest BCUT2D eigenvalue weighted by Gasteiger charge is 2.01. The van der Waals surface area contributed by atoms with Gasteiger partial charge in [-0.3, -0.25) is 10.0 Å². The summed E-state index contributed by atoms with van der Waals surface area (Å²) in [6, 6.07) is 0. The molecule has 0 unspecified atom stereocenters. The van der Waals surface area contributed by atoms with Gasteiger partial charge in [-0.15, -0.1) is 0 Å². The Bertz CT molecular complexity index is 116. The van der Waals surface area contributed by atoms with Gasteiger partial charge in [-0.1, -0.05) is 0 Å². The zero-order chi connectivity index (χ0) is 7.23. The Balaban J connectivity index is 1.97. The Hall–Kier alpha value is -0.220. The molecule has 0 radical (unpaired) electrons. The smallest absolute Gasteiger partial charge is 0.107 e. The molecular formula is C6H13N3S. The van der Waals surface area contributed by atoms with Crippen molar-refractivity contribution in [3.05, 3.63) is 0 Å². The quantitative estimate of drug-likeness (QED) is 0.607. The van der Waals surface area contributed by atoms with Crippen molar-refractivity contribution in [1.29, 1.82) is 0 Å². The summed E-state index contributed by atoms with van der Waals surface area (Å²) in [5.41, 5.74) is 3.12. The van der Waals surface area contributed by atoms with Crippen LogP contribution in [0.2, 0.25) is 0 Å². The summed E-state index contributed by atoms with van der Waals surface area (Å²) in [4.78, 5) is 4.03. The SMILES string of the molecule is CSCCCN1C=NCN1. The average Bonchev–Trinajstić information content (AvgIpc) is 2.41. The Morgan fingerprint density at radius 1 is 1.80 bits per heavy atom. The molecule has 0 aromatic carbocycles. The first-order valence-corrected chi connectivity index (χ1v) is 4.82. The highest BCUT2D eigenvalue weighted by molar-refractivity contribution is 7.98. The number of rotatable bonds is 4. The third-order valence-electron chi connectivity index (χ3n) is 1.33. The van der Waals surface area contributed by atoms with Crippen molar-refractivity contribution < 1.29 is 0 Å². The molecule has 10 heavy (non-hydrogen) atoms. The number of nitrogens with zero attached hydrogens (tertiary/aromatic N) is 2. The van der Waals surface area contributed by atoms with Crippen LogP contribution in [0.3, 0.4) is 0 Å². The van der Waals surface area contributed by atoms with E-state index in [2.05, 4.69) is 16.7 Å². The van der Waals surface area contributed by atoms with E-state index in [1.165, 1.54) is 12.2 Å². The summed E-state index contributed by atoms with van der Waals surface area (Å²) in [7, 11) is 0. The summed E-state index contributed by atoms with van der Waals surface area (Å²) in [6.45, 7) is 1.82. The van der Waals surface area contributed by atoms with Crippen molar-refractivity contribution in [3.8, 4) is 0 Å². The topological polar surface area (TPSA) is 27.6 Å². The van der Waals surface area contributed by atoms with Crippen LogP contribution in [-0.2, 0) is 0 Å². The third kappa shape index (κ3) is 2.58. The molecule has 0 atom stereocenters. The fourth-order valence-corrected chi connectivity index (χ4v) is 1.25. The lowest BCUT2D eigenvalue weighted by molar-refractivity contribution is 0.350. The molecule has 1 rings (SSSR count). The minimum atomic E-state index is 0.749. The van der Waals surface area contributed by atoms with E-state index in [0.29, 0.717) is 0 Å². The van der Waals surface area contributed by atoms with Crippen LogP contribution >= 0.6 is 11.8 Å². The maximum atomic E-state index is 4.03. The fourth-order valence-electron chi connectivity index (χ4n) is 0.828. The minimum Gasteiger partial charge on any atom is -0.297 e. The molecule has 0 aromatic heterocycles. The van der Waals surface area contributed by atoms with E-state index in [1.54, 1.807) is 0 Å². The van der Waals surface area contributed by atoms with E-state index in [1.807, 2.05) is 23.1 Å². The molecule has 1 aliphatic rings. The molecule has 0 aromatic rings. The van der Waals surface area contributed by atoms with Gasteiger partial charge in [0.15, 0.2) is 0 Å². The van der Waals surface area contributed by atoms with E-state index < -0.39 is 0 Å². The predicted molar refractivity (Wildman–Crippen MR) is 46.2 cm³/mol. The van der Waals surface area contributed by atoms with Crippen molar-refractivity contribution in [2.45, 2.75) is 6.42 Å². The highest BCUT2D eigenvalue weighted by Crippen LogP contribution is 1.96. The molecule has 1 aliphatic heterocycles. The van der Waals surface area contributed by atoms with Crippen LogP contribution in [0.5, 0.6) is 0 Å². The van der Waals surface area contributed by atoms with Crippen LogP contribution in [-0.4, -0.2) is 36.6 Å². The summed E-state index contributed by atoms with van der Waals surface area (Å²) in [6.07, 6.45) is 5.21. The molecule has 4 heteroatoms. The van der Waals surface area contributed by atoms with Crippen molar-refractivity contribution in [2.24, 2.45) is 4.99 Å². The number of hydrogen-bond donors (Lipinski definition) is 1. The fraction of sp³-hybridized carbons (Fsp3) is 0.833. The average molecular weight is 159 g/mol. The van der Waals surface area contributed by atoms with Crippen LogP contribution in [0.4, 0.5) is 0 Å². The van der Waals surface area contributed by atoms with Crippen molar-refractivity contribution in [3.63, 3.8) is 0 Å². The van der Waals surface area contributed by atoms with Crippen LogP contribution in [0.25, 0.3) is 0 Å². The number of nitrogens with one attached hydrogen (secondary N) is 1. The van der Waals surface area contributed by atoms with Gasteiger partial charge in [-0.25, -0.2) is 5.43 Å². The molecule has 0 aliphatic carbocycles. The van der Waals surface area contributed by atoms with E-state index >= 15 is 0 Å². The van der Waals surface area contributed by atoms with Crippen LogP contribution in [0.1, 0.15) is 6.42 Å². The molecule has 1 N–H and O–H groups in total. The monoisotopic (exact) mass is 159 g/mol. The maximum Gasteiger partial charge on any atom is 0.107 e. The van der Waals surface area contributed by atoms with E-state index in [-0.39, 0.29) is 0 Å². The third-order valence-corrected chi connectivity index (χ3v) is 2.03. The standard InChI is InChI=1S/C6H13N3S/c1-10-4-2-3-9-6-7-5-8-9/h6,8H,2-5H2,1H3. The molecule has 0 bridgehead atoms. The van der Waals surface area contributed by atoms with Gasteiger partial charge in [-0.2, -0.15) is 11.8 Å². The summed E-state index contributed by atoms with van der Waals surface area (Å²) >= 11 is 1.89. The molecule has 0 fully saturated rings. The Morgan fingerprint density at radius 3 is 3.30 bits per heavy atom. The van der Waals surface area contributed by atoms with E-state index in [4.69, 9.17) is 0 Å². The second kappa shape index (κ2) is 4.57. The lowest BCUT2D eigenvalue weighted by atomic mass is 10.5. The Labute approximate surface area is 65.9 Å². The Kier molecular flexibility index (Phi) is 3.60. The first kappa shape index (κ1) is 7.88. The predicted octanol–water partition coefficient (Wildman–Crippen LogP) is 0.545. The van der Waals surface area contributed by atoms with Gasteiger partial charge in [-0.05, 0) is 18.4 Å². The van der Waals surface area contributed by atoms with Gasteiger partial charge in [0.2, 0.25) is 0 Å². The van der Waals surface area contributed by atoms with Crippen LogP contribution in [0.15, 0.2) is 4.99 Å². The minimum absolute atomic E-state index is 0.749. The van der Waals surface area contributed by atoms with Crippen LogP contribution in [0, 0.1) is 0 Å². The zero-order valence-electron chi connectivity index (χ0n) is 6.21. The lowest BCUT2D eigenvalue weighted by Gasteiger charge is -2.12. The number of aliphatic imine (C=N–C) groups is 1. The van der Waals surface area contributed by atoms with E-state index in [9.17, 15) is 0 Å². The van der Waals surface area contributed by atoms with Crippen molar-refractivity contribution in [1.82, 2.24) is 10.4 Å². The second-order valence-electron chi connectivity index (χ2n) is 2.15. The molecular weight excluding hydrogens is 146 g/mol. The molecule has 0 saturated heterocycles.